The van der Waals surface area contributed by atoms with Crippen molar-refractivity contribution < 1.29 is 80.2 Å². The van der Waals surface area contributed by atoms with E-state index in [9.17, 15) is 43.2 Å². The van der Waals surface area contributed by atoms with Crippen LogP contribution < -0.4 is 0 Å². The van der Waals surface area contributed by atoms with Gasteiger partial charge in [-0.3, -0.25) is 37.3 Å². The topological polar surface area (TPSA) is 237 Å². The van der Waals surface area contributed by atoms with Gasteiger partial charge in [-0.05, 0) is 49.4 Å². The smallest absolute Gasteiger partial charge is 0.462 e. The van der Waals surface area contributed by atoms with Gasteiger partial charge in [-0.15, -0.1) is 0 Å². The molecular formula is C73H142O17P2. The molecule has 92 heavy (non-hydrogen) atoms. The highest BCUT2D eigenvalue weighted by Gasteiger charge is 2.30. The van der Waals surface area contributed by atoms with Gasteiger partial charge in [0.25, 0.3) is 0 Å². The average molecular weight is 1350 g/mol. The lowest BCUT2D eigenvalue weighted by Gasteiger charge is -2.21. The molecule has 3 unspecified atom stereocenters. The Hall–Kier alpha value is -1.94. The van der Waals surface area contributed by atoms with Crippen molar-refractivity contribution in [2.75, 3.05) is 39.6 Å². The van der Waals surface area contributed by atoms with Crippen molar-refractivity contribution >= 4 is 39.5 Å². The van der Waals surface area contributed by atoms with Crippen LogP contribution >= 0.6 is 15.6 Å². The summed E-state index contributed by atoms with van der Waals surface area (Å²) in [6.07, 6.45) is 45.8. The Morgan fingerprint density at radius 1 is 0.304 bits per heavy atom. The Labute approximate surface area is 562 Å². The Kier molecular flexibility index (Phi) is 61.3. The van der Waals surface area contributed by atoms with Crippen molar-refractivity contribution in [1.29, 1.82) is 0 Å². The van der Waals surface area contributed by atoms with Gasteiger partial charge < -0.3 is 33.8 Å². The quantitative estimate of drug-likeness (QED) is 0.0222. The molecule has 0 bridgehead atoms. The highest BCUT2D eigenvalue weighted by molar-refractivity contribution is 7.47. The third kappa shape index (κ3) is 65.4. The van der Waals surface area contributed by atoms with E-state index in [2.05, 4.69) is 55.4 Å². The van der Waals surface area contributed by atoms with Crippen LogP contribution in [0.25, 0.3) is 0 Å². The summed E-state index contributed by atoms with van der Waals surface area (Å²) in [5.74, 6) is 0.896. The second-order valence-corrected chi connectivity index (χ2v) is 30.9. The molecule has 0 aromatic carbocycles. The predicted octanol–water partition coefficient (Wildman–Crippen LogP) is 20.9. The van der Waals surface area contributed by atoms with Gasteiger partial charge in [0.05, 0.1) is 26.4 Å². The number of aliphatic hydroxyl groups is 1. The summed E-state index contributed by atoms with van der Waals surface area (Å²) >= 11 is 0. The number of esters is 4. The number of carbonyl (C=O) groups excluding carboxylic acids is 4. The van der Waals surface area contributed by atoms with Gasteiger partial charge in [-0.1, -0.05) is 312 Å². The number of hydrogen-bond donors (Lipinski definition) is 3. The molecule has 3 N–H and O–H groups in total. The summed E-state index contributed by atoms with van der Waals surface area (Å²) in [5.41, 5.74) is 0. The lowest BCUT2D eigenvalue weighted by atomic mass is 10.00. The van der Waals surface area contributed by atoms with E-state index in [1.807, 2.05) is 0 Å². The van der Waals surface area contributed by atoms with Crippen LogP contribution in [0, 0.1) is 23.7 Å². The first-order chi connectivity index (χ1) is 44.1. The van der Waals surface area contributed by atoms with Crippen molar-refractivity contribution in [1.82, 2.24) is 0 Å². The summed E-state index contributed by atoms with van der Waals surface area (Å²) in [6.45, 7) is 14.1. The molecule has 0 saturated carbocycles. The molecule has 0 aromatic heterocycles. The van der Waals surface area contributed by atoms with E-state index in [1.165, 1.54) is 161 Å². The number of phosphoric acid groups is 2. The van der Waals surface area contributed by atoms with Gasteiger partial charge in [-0.25, -0.2) is 9.13 Å². The van der Waals surface area contributed by atoms with Crippen molar-refractivity contribution in [3.63, 3.8) is 0 Å². The second-order valence-electron chi connectivity index (χ2n) is 28.0. The molecule has 0 aliphatic carbocycles. The van der Waals surface area contributed by atoms with Crippen molar-refractivity contribution in [2.24, 2.45) is 23.7 Å². The molecule has 0 aliphatic rings. The number of phosphoric ester groups is 2. The van der Waals surface area contributed by atoms with E-state index >= 15 is 0 Å². The Morgan fingerprint density at radius 2 is 0.522 bits per heavy atom. The van der Waals surface area contributed by atoms with Crippen LogP contribution in [0.4, 0.5) is 0 Å². The molecule has 0 heterocycles. The van der Waals surface area contributed by atoms with Crippen LogP contribution in [0.3, 0.4) is 0 Å². The number of ether oxygens (including phenoxy) is 4. The number of hydrogen-bond acceptors (Lipinski definition) is 15. The molecule has 17 nitrogen and oxygen atoms in total. The van der Waals surface area contributed by atoms with Gasteiger partial charge in [-0.2, -0.15) is 0 Å². The maximum atomic E-state index is 13.1. The van der Waals surface area contributed by atoms with Crippen molar-refractivity contribution in [3.05, 3.63) is 0 Å². The molecule has 6 atom stereocenters. The Morgan fingerprint density at radius 3 is 0.772 bits per heavy atom. The fraction of sp³-hybridized carbons (Fsp3) is 0.945. The zero-order valence-corrected chi connectivity index (χ0v) is 62.0. The normalized spacial score (nSPS) is 14.5. The van der Waals surface area contributed by atoms with E-state index in [0.717, 1.165) is 120 Å². The van der Waals surface area contributed by atoms with Gasteiger partial charge in [0.15, 0.2) is 12.2 Å². The molecule has 0 aliphatic heterocycles. The molecule has 0 rings (SSSR count). The molecule has 0 saturated heterocycles. The minimum Gasteiger partial charge on any atom is -0.462 e. The van der Waals surface area contributed by atoms with Gasteiger partial charge in [0, 0.05) is 25.7 Å². The van der Waals surface area contributed by atoms with E-state index < -0.39 is 97.5 Å². The molecule has 546 valence electrons. The highest BCUT2D eigenvalue weighted by Crippen LogP contribution is 2.45. The van der Waals surface area contributed by atoms with Gasteiger partial charge >= 0.3 is 39.5 Å². The third-order valence-electron chi connectivity index (χ3n) is 17.2. The summed E-state index contributed by atoms with van der Waals surface area (Å²) in [7, 11) is -9.91. The number of unbranched alkanes of at least 4 members (excludes halogenated alkanes) is 35. The maximum Gasteiger partial charge on any atom is 0.472 e. The summed E-state index contributed by atoms with van der Waals surface area (Å²) < 4.78 is 68.4. The van der Waals surface area contributed by atoms with Crippen molar-refractivity contribution in [2.45, 2.75) is 382 Å². The van der Waals surface area contributed by atoms with Crippen molar-refractivity contribution in [3.8, 4) is 0 Å². The fourth-order valence-electron chi connectivity index (χ4n) is 11.0. The lowest BCUT2D eigenvalue weighted by Crippen LogP contribution is -2.30. The van der Waals surface area contributed by atoms with Crippen LogP contribution in [-0.4, -0.2) is 96.7 Å². The minimum atomic E-state index is -4.96. The Balaban J connectivity index is 5.25. The van der Waals surface area contributed by atoms with Crippen LogP contribution in [0.1, 0.15) is 364 Å². The average Bonchev–Trinajstić information content (AvgIpc) is 3.02. The molecule has 0 aromatic rings. The third-order valence-corrected chi connectivity index (χ3v) is 19.1. The SMILES string of the molecule is CCC(C)CCCCCCCCC(=O)OC[C@H](COP(=O)(O)OC[C@H](O)COP(=O)(O)OC[C@@H](COC(=O)CCCCCCCCCCCC(C)C)OC(=O)CCCCCCCCCCCCCCCCC(C)C)OC(=O)CCCCCCCCCCCCC(C)C. The monoisotopic (exact) mass is 1350 g/mol. The van der Waals surface area contributed by atoms with Gasteiger partial charge in [0.2, 0.25) is 0 Å². The van der Waals surface area contributed by atoms with Crippen LogP contribution in [0.2, 0.25) is 0 Å². The van der Waals surface area contributed by atoms with Crippen LogP contribution in [0.5, 0.6) is 0 Å². The van der Waals surface area contributed by atoms with E-state index in [-0.39, 0.29) is 25.7 Å². The molecule has 0 spiro atoms. The van der Waals surface area contributed by atoms with Gasteiger partial charge in [0.1, 0.15) is 19.3 Å². The minimum absolute atomic E-state index is 0.105. The van der Waals surface area contributed by atoms with E-state index in [0.29, 0.717) is 25.7 Å². The summed E-state index contributed by atoms with van der Waals surface area (Å²) in [5, 5.41) is 10.6. The number of rotatable bonds is 70. The first-order valence-electron chi connectivity index (χ1n) is 37.7. The standard InChI is InChI=1S/C73H142O17P2/c1-9-66(8)52-44-36-31-32-38-46-54-71(76)84-60-69(90-73(78)56-48-40-30-23-17-16-20-26-34-42-50-64(4)5)62-88-92(81,82)86-58-67(74)57-85-91(79,80)87-61-68(59-83-70(75)53-45-37-28-24-18-21-27-35-43-51-65(6)7)89-72(77)55-47-39-29-22-15-13-11-10-12-14-19-25-33-41-49-63(2)3/h63-69,74H,9-62H2,1-8H3,(H,79,80)(H,81,82)/t66?,67-,68-,69-/m1/s1. The fourth-order valence-corrected chi connectivity index (χ4v) is 12.6. The first kappa shape index (κ1) is 90.1. The number of aliphatic hydroxyl groups excluding tert-OH is 1. The first-order valence-corrected chi connectivity index (χ1v) is 40.7. The summed E-state index contributed by atoms with van der Waals surface area (Å²) in [4.78, 5) is 72.7. The predicted molar refractivity (Wildman–Crippen MR) is 372 cm³/mol. The van der Waals surface area contributed by atoms with E-state index in [4.69, 9.17) is 37.0 Å². The molecule has 0 radical (unpaired) electrons. The van der Waals surface area contributed by atoms with Crippen LogP contribution in [0.15, 0.2) is 0 Å². The zero-order chi connectivity index (χ0) is 68.2. The molecule has 19 heteroatoms. The van der Waals surface area contributed by atoms with E-state index in [1.54, 1.807) is 0 Å². The Bertz CT molecular complexity index is 1820. The lowest BCUT2D eigenvalue weighted by molar-refractivity contribution is -0.161. The number of carbonyl (C=O) groups is 4. The molecular weight excluding hydrogens is 1210 g/mol. The molecule has 0 amide bonds. The maximum absolute atomic E-state index is 13.1. The second kappa shape index (κ2) is 62.6. The zero-order valence-electron chi connectivity index (χ0n) is 60.2. The molecule has 0 fully saturated rings. The van der Waals surface area contributed by atoms with Crippen LogP contribution in [-0.2, 0) is 65.4 Å². The highest BCUT2D eigenvalue weighted by atomic mass is 31.2. The largest absolute Gasteiger partial charge is 0.472 e. The summed E-state index contributed by atoms with van der Waals surface area (Å²) in [6, 6.07) is 0.